The van der Waals surface area contributed by atoms with Crippen molar-refractivity contribution >= 4 is 44.2 Å². The number of fused-ring (bicyclic) bond motifs is 1. The predicted octanol–water partition coefficient (Wildman–Crippen LogP) is 4.65. The highest BCUT2D eigenvalue weighted by Crippen LogP contribution is 2.40. The van der Waals surface area contributed by atoms with E-state index >= 15 is 0 Å². The lowest BCUT2D eigenvalue weighted by Crippen LogP contribution is -2.39. The summed E-state index contributed by atoms with van der Waals surface area (Å²) >= 11 is 7.89. The highest BCUT2D eigenvalue weighted by molar-refractivity contribution is 7.23. The molecule has 0 radical (unpaired) electrons. The highest BCUT2D eigenvalue weighted by atomic mass is 35.5. The Morgan fingerprint density at radius 2 is 1.83 bits per heavy atom. The number of amides is 1. The van der Waals surface area contributed by atoms with Crippen LogP contribution in [0.5, 0.6) is 17.2 Å². The average molecular weight is 520 g/mol. The van der Waals surface area contributed by atoms with Crippen LogP contribution in [-0.4, -0.2) is 76.5 Å². The monoisotopic (exact) mass is 519 g/mol. The van der Waals surface area contributed by atoms with Crippen LogP contribution in [0.25, 0.3) is 10.2 Å². The summed E-state index contributed by atoms with van der Waals surface area (Å²) in [6.07, 6.45) is 0.790. The quantitative estimate of drug-likeness (QED) is 0.407. The topological polar surface area (TPSA) is 73.4 Å². The molecule has 0 aliphatic carbocycles. The van der Waals surface area contributed by atoms with Gasteiger partial charge in [-0.25, -0.2) is 4.98 Å². The number of ether oxygens (including phenoxy) is 4. The third kappa shape index (κ3) is 5.48. The minimum absolute atomic E-state index is 0.195. The van der Waals surface area contributed by atoms with Gasteiger partial charge < -0.3 is 18.9 Å². The number of morpholine rings is 1. The van der Waals surface area contributed by atoms with E-state index in [0.29, 0.717) is 39.5 Å². The summed E-state index contributed by atoms with van der Waals surface area (Å²) in [5.41, 5.74) is 2.25. The maximum Gasteiger partial charge on any atom is 0.260 e. The van der Waals surface area contributed by atoms with Crippen molar-refractivity contribution < 1.29 is 23.7 Å². The van der Waals surface area contributed by atoms with E-state index in [1.165, 1.54) is 32.7 Å². The maximum absolute atomic E-state index is 13.9. The second-order valence-electron chi connectivity index (χ2n) is 8.22. The molecule has 1 aliphatic heterocycles. The number of thiazole rings is 1. The fraction of sp³-hybridized carbons (Fsp3) is 0.440. The van der Waals surface area contributed by atoms with Crippen LogP contribution in [0.4, 0.5) is 5.13 Å². The summed E-state index contributed by atoms with van der Waals surface area (Å²) in [6.45, 7) is 6.64. The van der Waals surface area contributed by atoms with Gasteiger partial charge in [-0.05, 0) is 37.1 Å². The molecule has 1 fully saturated rings. The van der Waals surface area contributed by atoms with Gasteiger partial charge in [-0.1, -0.05) is 29.0 Å². The van der Waals surface area contributed by atoms with E-state index in [2.05, 4.69) is 4.90 Å². The summed E-state index contributed by atoms with van der Waals surface area (Å²) in [7, 11) is 4.60. The third-order valence-electron chi connectivity index (χ3n) is 6.03. The summed E-state index contributed by atoms with van der Waals surface area (Å²) in [5.74, 6) is 1.09. The number of aryl methyl sites for hydroxylation is 1. The van der Waals surface area contributed by atoms with E-state index in [0.717, 1.165) is 55.0 Å². The molecular weight excluding hydrogens is 490 g/mol. The number of benzene rings is 2. The Morgan fingerprint density at radius 1 is 1.14 bits per heavy atom. The van der Waals surface area contributed by atoms with Crippen LogP contribution >= 0.6 is 22.9 Å². The van der Waals surface area contributed by atoms with Crippen LogP contribution in [-0.2, 0) is 4.74 Å². The Kier molecular flexibility index (Phi) is 8.33. The van der Waals surface area contributed by atoms with Crippen LogP contribution in [0.1, 0.15) is 22.3 Å². The molecule has 35 heavy (non-hydrogen) atoms. The van der Waals surface area contributed by atoms with Crippen molar-refractivity contribution in [2.24, 2.45) is 0 Å². The number of methoxy groups -OCH3 is 3. The molecule has 3 aromatic rings. The number of rotatable bonds is 9. The molecule has 8 nitrogen and oxygen atoms in total. The first kappa shape index (κ1) is 25.5. The lowest BCUT2D eigenvalue weighted by molar-refractivity contribution is 0.0376. The molecular formula is C25H30ClN3O5S. The van der Waals surface area contributed by atoms with Gasteiger partial charge in [-0.3, -0.25) is 14.6 Å². The van der Waals surface area contributed by atoms with Crippen molar-refractivity contribution in [3.63, 3.8) is 0 Å². The van der Waals surface area contributed by atoms with Crippen LogP contribution in [0.2, 0.25) is 5.02 Å². The number of halogens is 1. The number of nitrogens with zero attached hydrogens (tertiary/aromatic N) is 3. The Hall–Kier alpha value is -2.59. The first-order valence-corrected chi connectivity index (χ1v) is 12.6. The molecule has 2 heterocycles. The van der Waals surface area contributed by atoms with Gasteiger partial charge in [-0.2, -0.15) is 0 Å². The van der Waals surface area contributed by atoms with Crippen molar-refractivity contribution in [2.45, 2.75) is 13.3 Å². The smallest absolute Gasteiger partial charge is 0.260 e. The highest BCUT2D eigenvalue weighted by Gasteiger charge is 2.25. The van der Waals surface area contributed by atoms with Crippen molar-refractivity contribution in [1.82, 2.24) is 9.88 Å². The number of aromatic nitrogens is 1. The van der Waals surface area contributed by atoms with Gasteiger partial charge >= 0.3 is 0 Å². The van der Waals surface area contributed by atoms with Gasteiger partial charge in [0.25, 0.3) is 5.91 Å². The van der Waals surface area contributed by atoms with Crippen molar-refractivity contribution in [3.8, 4) is 17.2 Å². The Balaban J connectivity index is 1.69. The van der Waals surface area contributed by atoms with Crippen molar-refractivity contribution in [1.29, 1.82) is 0 Å². The molecule has 0 unspecified atom stereocenters. The average Bonchev–Trinajstić information content (AvgIpc) is 3.34. The summed E-state index contributed by atoms with van der Waals surface area (Å²) < 4.78 is 22.7. The molecule has 0 spiro atoms. The second-order valence-corrected chi connectivity index (χ2v) is 9.60. The van der Waals surface area contributed by atoms with E-state index in [1.54, 1.807) is 17.0 Å². The molecule has 0 N–H and O–H groups in total. The van der Waals surface area contributed by atoms with E-state index in [1.807, 2.05) is 19.1 Å². The third-order valence-corrected chi connectivity index (χ3v) is 7.57. The number of carbonyl (C=O) groups is 1. The Labute approximate surface area is 214 Å². The van der Waals surface area contributed by atoms with Crippen LogP contribution in [0.15, 0.2) is 24.3 Å². The van der Waals surface area contributed by atoms with E-state index in [9.17, 15) is 4.79 Å². The zero-order valence-electron chi connectivity index (χ0n) is 20.4. The fourth-order valence-electron chi connectivity index (χ4n) is 4.13. The molecule has 4 rings (SSSR count). The summed E-state index contributed by atoms with van der Waals surface area (Å²) in [4.78, 5) is 22.8. The Morgan fingerprint density at radius 3 is 2.43 bits per heavy atom. The predicted molar refractivity (Wildman–Crippen MR) is 139 cm³/mol. The first-order valence-electron chi connectivity index (χ1n) is 11.4. The lowest BCUT2D eigenvalue weighted by atomic mass is 10.1. The second kappa shape index (κ2) is 11.4. The SMILES string of the molecule is COc1cc(C(=O)N(CCCN2CCOCC2)c2nc3c(C)ccc(Cl)c3s2)cc(OC)c1OC. The van der Waals surface area contributed by atoms with Gasteiger partial charge in [0.1, 0.15) is 0 Å². The van der Waals surface area contributed by atoms with Gasteiger partial charge in [0.15, 0.2) is 16.6 Å². The van der Waals surface area contributed by atoms with E-state index in [4.69, 9.17) is 35.5 Å². The number of hydrogen-bond donors (Lipinski definition) is 0. The zero-order valence-corrected chi connectivity index (χ0v) is 22.0. The normalized spacial score (nSPS) is 14.2. The summed E-state index contributed by atoms with van der Waals surface area (Å²) in [5, 5.41) is 1.24. The molecule has 188 valence electrons. The van der Waals surface area contributed by atoms with Crippen LogP contribution in [0, 0.1) is 6.92 Å². The standard InChI is InChI=1S/C25H30ClN3O5S/c1-16-6-7-18(26)23-21(16)27-25(35-23)29(9-5-8-28-10-12-34-13-11-28)24(30)17-14-19(31-2)22(33-4)20(15-17)32-3/h6-7,14-15H,5,8-13H2,1-4H3. The fourth-order valence-corrected chi connectivity index (χ4v) is 5.47. The molecule has 0 saturated carbocycles. The maximum atomic E-state index is 13.9. The molecule has 10 heteroatoms. The molecule has 0 bridgehead atoms. The van der Waals surface area contributed by atoms with Crippen LogP contribution < -0.4 is 19.1 Å². The molecule has 1 aromatic heterocycles. The molecule has 1 aliphatic rings. The van der Waals surface area contributed by atoms with Gasteiger partial charge in [0.2, 0.25) is 5.75 Å². The molecule has 1 saturated heterocycles. The lowest BCUT2D eigenvalue weighted by Gasteiger charge is -2.28. The number of hydrogen-bond acceptors (Lipinski definition) is 8. The van der Waals surface area contributed by atoms with E-state index < -0.39 is 0 Å². The zero-order chi connectivity index (χ0) is 24.9. The molecule has 2 aromatic carbocycles. The summed E-state index contributed by atoms with van der Waals surface area (Å²) in [6, 6.07) is 7.15. The molecule has 1 amide bonds. The largest absolute Gasteiger partial charge is 0.493 e. The first-order chi connectivity index (χ1) is 17.0. The number of anilines is 1. The number of carbonyl (C=O) groups excluding carboxylic acids is 1. The van der Waals surface area contributed by atoms with Gasteiger partial charge in [0, 0.05) is 31.7 Å². The van der Waals surface area contributed by atoms with Crippen molar-refractivity contribution in [3.05, 3.63) is 40.4 Å². The van der Waals surface area contributed by atoms with Crippen LogP contribution in [0.3, 0.4) is 0 Å². The molecule has 0 atom stereocenters. The minimum Gasteiger partial charge on any atom is -0.493 e. The van der Waals surface area contributed by atoms with Gasteiger partial charge in [0.05, 0.1) is 49.8 Å². The van der Waals surface area contributed by atoms with Crippen molar-refractivity contribution in [2.75, 3.05) is 65.6 Å². The minimum atomic E-state index is -0.195. The van der Waals surface area contributed by atoms with Gasteiger partial charge in [-0.15, -0.1) is 0 Å². The van der Waals surface area contributed by atoms with E-state index in [-0.39, 0.29) is 5.91 Å². The Bertz CT molecular complexity index is 1130.